The zero-order valence-corrected chi connectivity index (χ0v) is 13.4. The number of halogens is 1. The van der Waals surface area contributed by atoms with Crippen LogP contribution in [0.25, 0.3) is 22.3 Å². The highest BCUT2D eigenvalue weighted by molar-refractivity contribution is 14.1. The van der Waals surface area contributed by atoms with Crippen LogP contribution in [0.1, 0.15) is 5.56 Å². The quantitative estimate of drug-likeness (QED) is 0.538. The molecular weight excluding hydrogens is 369 g/mol. The molecule has 0 heterocycles. The maximum atomic E-state index is 9.66. The predicted molar refractivity (Wildman–Crippen MR) is 94.7 cm³/mol. The van der Waals surface area contributed by atoms with Gasteiger partial charge in [-0.05, 0) is 45.9 Å². The molecule has 0 unspecified atom stereocenters. The predicted octanol–water partition coefficient (Wildman–Crippen LogP) is 5.50. The van der Waals surface area contributed by atoms with Gasteiger partial charge < -0.3 is 0 Å². The van der Waals surface area contributed by atoms with Crippen molar-refractivity contribution in [2.45, 2.75) is 0 Å². The minimum atomic E-state index is 0.729. The van der Waals surface area contributed by atoms with Crippen molar-refractivity contribution in [2.75, 3.05) is 0 Å². The number of nitrogens with zero attached hydrogens (tertiary/aromatic N) is 1. The lowest BCUT2D eigenvalue weighted by molar-refractivity contribution is 1.46. The summed E-state index contributed by atoms with van der Waals surface area (Å²) in [5.74, 6) is 0. The van der Waals surface area contributed by atoms with Crippen LogP contribution in [0.15, 0.2) is 72.8 Å². The lowest BCUT2D eigenvalue weighted by atomic mass is 9.92. The molecule has 2 heteroatoms. The van der Waals surface area contributed by atoms with Gasteiger partial charge in [0.25, 0.3) is 0 Å². The molecule has 3 aromatic carbocycles. The Morgan fingerprint density at radius 2 is 1.14 bits per heavy atom. The van der Waals surface area contributed by atoms with Crippen molar-refractivity contribution >= 4 is 22.6 Å². The van der Waals surface area contributed by atoms with Crippen LogP contribution in [0.3, 0.4) is 0 Å². The summed E-state index contributed by atoms with van der Waals surface area (Å²) in [6, 6.07) is 26.7. The van der Waals surface area contributed by atoms with Gasteiger partial charge in [0.1, 0.15) is 6.07 Å². The lowest BCUT2D eigenvalue weighted by Crippen LogP contribution is -1.91. The van der Waals surface area contributed by atoms with Crippen LogP contribution in [0.4, 0.5) is 0 Å². The van der Waals surface area contributed by atoms with Gasteiger partial charge in [-0.15, -0.1) is 0 Å². The molecule has 0 amide bonds. The third kappa shape index (κ3) is 2.84. The Bertz CT molecular complexity index is 741. The summed E-state index contributed by atoms with van der Waals surface area (Å²) in [4.78, 5) is 0. The van der Waals surface area contributed by atoms with Gasteiger partial charge in [0.05, 0.1) is 5.56 Å². The minimum absolute atomic E-state index is 0.729. The summed E-state index contributed by atoms with van der Waals surface area (Å²) in [7, 11) is 0. The van der Waals surface area contributed by atoms with Gasteiger partial charge in [-0.25, -0.2) is 0 Å². The van der Waals surface area contributed by atoms with E-state index in [2.05, 4.69) is 40.8 Å². The molecule has 0 spiro atoms. The van der Waals surface area contributed by atoms with Crippen molar-refractivity contribution in [1.82, 2.24) is 0 Å². The van der Waals surface area contributed by atoms with E-state index >= 15 is 0 Å². The highest BCUT2D eigenvalue weighted by Gasteiger charge is 2.13. The molecule has 0 N–H and O–H groups in total. The average Bonchev–Trinajstić information content (AvgIpc) is 2.55. The standard InChI is InChI=1S/C19H12IN/c20-16-11-17(14-7-3-1-4-8-14)19(13-21)18(12-16)15-9-5-2-6-10-15/h1-12H. The van der Waals surface area contributed by atoms with Gasteiger partial charge in [0.2, 0.25) is 0 Å². The van der Waals surface area contributed by atoms with Crippen molar-refractivity contribution in [3.8, 4) is 28.3 Å². The summed E-state index contributed by atoms with van der Waals surface area (Å²) in [5, 5.41) is 9.66. The van der Waals surface area contributed by atoms with E-state index < -0.39 is 0 Å². The summed E-state index contributed by atoms with van der Waals surface area (Å²) in [6.45, 7) is 0. The molecule has 3 aromatic rings. The van der Waals surface area contributed by atoms with Crippen molar-refractivity contribution in [1.29, 1.82) is 5.26 Å². The first-order valence-electron chi connectivity index (χ1n) is 6.64. The zero-order valence-electron chi connectivity index (χ0n) is 11.3. The Morgan fingerprint density at radius 1 is 0.714 bits per heavy atom. The first-order valence-corrected chi connectivity index (χ1v) is 7.72. The molecule has 0 saturated carbocycles. The Balaban J connectivity index is 2.29. The molecule has 3 rings (SSSR count). The van der Waals surface area contributed by atoms with E-state index in [0.717, 1.165) is 31.4 Å². The first-order chi connectivity index (χ1) is 10.3. The molecule has 0 atom stereocenters. The second-order valence-corrected chi connectivity index (χ2v) is 5.97. The van der Waals surface area contributed by atoms with Crippen LogP contribution in [-0.4, -0.2) is 0 Å². The topological polar surface area (TPSA) is 23.8 Å². The van der Waals surface area contributed by atoms with Crippen LogP contribution in [0, 0.1) is 14.9 Å². The second-order valence-electron chi connectivity index (χ2n) is 4.72. The van der Waals surface area contributed by atoms with Crippen LogP contribution in [-0.2, 0) is 0 Å². The van der Waals surface area contributed by atoms with E-state index in [4.69, 9.17) is 0 Å². The van der Waals surface area contributed by atoms with Crippen LogP contribution in [0.2, 0.25) is 0 Å². The fourth-order valence-electron chi connectivity index (χ4n) is 2.42. The molecule has 0 bridgehead atoms. The van der Waals surface area contributed by atoms with Crippen molar-refractivity contribution in [3.05, 3.63) is 81.9 Å². The van der Waals surface area contributed by atoms with E-state index in [1.165, 1.54) is 0 Å². The van der Waals surface area contributed by atoms with Gasteiger partial charge in [-0.1, -0.05) is 60.7 Å². The van der Waals surface area contributed by atoms with E-state index in [0.29, 0.717) is 0 Å². The number of rotatable bonds is 2. The van der Waals surface area contributed by atoms with Gasteiger partial charge >= 0.3 is 0 Å². The summed E-state index contributed by atoms with van der Waals surface area (Å²) in [6.07, 6.45) is 0. The monoisotopic (exact) mass is 381 g/mol. The SMILES string of the molecule is N#Cc1c(-c2ccccc2)cc(I)cc1-c1ccccc1. The van der Waals surface area contributed by atoms with Crippen molar-refractivity contribution in [2.24, 2.45) is 0 Å². The Kier molecular flexibility index (Phi) is 4.03. The highest BCUT2D eigenvalue weighted by atomic mass is 127. The smallest absolute Gasteiger partial charge is 0.100 e. The molecule has 21 heavy (non-hydrogen) atoms. The van der Waals surface area contributed by atoms with Crippen LogP contribution >= 0.6 is 22.6 Å². The Morgan fingerprint density at radius 3 is 1.52 bits per heavy atom. The fraction of sp³-hybridized carbons (Fsp3) is 0. The number of nitriles is 1. The third-order valence-electron chi connectivity index (χ3n) is 3.38. The molecule has 0 fully saturated rings. The number of benzene rings is 3. The Labute approximate surface area is 138 Å². The van der Waals surface area contributed by atoms with Crippen molar-refractivity contribution in [3.63, 3.8) is 0 Å². The van der Waals surface area contributed by atoms with Crippen LogP contribution < -0.4 is 0 Å². The molecule has 0 saturated heterocycles. The summed E-state index contributed by atoms with van der Waals surface area (Å²) < 4.78 is 1.13. The Hall–Kier alpha value is -2.12. The van der Waals surface area contributed by atoms with E-state index in [9.17, 15) is 5.26 Å². The minimum Gasteiger partial charge on any atom is -0.192 e. The van der Waals surface area contributed by atoms with Gasteiger partial charge in [-0.3, -0.25) is 0 Å². The van der Waals surface area contributed by atoms with Gasteiger partial charge in [-0.2, -0.15) is 5.26 Å². The van der Waals surface area contributed by atoms with Crippen molar-refractivity contribution < 1.29 is 0 Å². The molecule has 100 valence electrons. The number of hydrogen-bond acceptors (Lipinski definition) is 1. The van der Waals surface area contributed by atoms with Gasteiger partial charge in [0, 0.05) is 14.7 Å². The highest BCUT2D eigenvalue weighted by Crippen LogP contribution is 2.33. The van der Waals surface area contributed by atoms with E-state index in [1.54, 1.807) is 0 Å². The zero-order chi connectivity index (χ0) is 14.7. The molecule has 0 aromatic heterocycles. The molecular formula is C19H12IN. The van der Waals surface area contributed by atoms with Gasteiger partial charge in [0.15, 0.2) is 0 Å². The maximum absolute atomic E-state index is 9.66. The largest absolute Gasteiger partial charge is 0.192 e. The third-order valence-corrected chi connectivity index (χ3v) is 4.01. The molecule has 0 aliphatic rings. The lowest BCUT2D eigenvalue weighted by Gasteiger charge is -2.11. The molecule has 1 nitrogen and oxygen atoms in total. The first kappa shape index (κ1) is 13.8. The maximum Gasteiger partial charge on any atom is 0.100 e. The second kappa shape index (κ2) is 6.11. The van der Waals surface area contributed by atoms with Crippen LogP contribution in [0.5, 0.6) is 0 Å². The van der Waals surface area contributed by atoms with E-state index in [-0.39, 0.29) is 0 Å². The molecule has 0 aliphatic carbocycles. The number of hydrogen-bond donors (Lipinski definition) is 0. The summed E-state index contributed by atoms with van der Waals surface area (Å²) in [5.41, 5.74) is 4.86. The fourth-order valence-corrected chi connectivity index (χ4v) is 3.04. The van der Waals surface area contributed by atoms with E-state index in [1.807, 2.05) is 60.7 Å². The molecule has 0 radical (unpaired) electrons. The average molecular weight is 381 g/mol. The molecule has 0 aliphatic heterocycles. The summed E-state index contributed by atoms with van der Waals surface area (Å²) >= 11 is 2.31. The normalized spacial score (nSPS) is 10.1.